The summed E-state index contributed by atoms with van der Waals surface area (Å²) >= 11 is 0. The van der Waals surface area contributed by atoms with E-state index in [1.165, 1.54) is 4.68 Å². The molecule has 0 bridgehead atoms. The molecule has 1 heterocycles. The smallest absolute Gasteiger partial charge is 0.279 e. The summed E-state index contributed by atoms with van der Waals surface area (Å²) in [6.45, 7) is 1.97. The van der Waals surface area contributed by atoms with Gasteiger partial charge in [0.15, 0.2) is 5.69 Å². The van der Waals surface area contributed by atoms with Crippen LogP contribution in [0.25, 0.3) is 16.5 Å². The molecule has 0 saturated heterocycles. The van der Waals surface area contributed by atoms with E-state index >= 15 is 0 Å². The van der Waals surface area contributed by atoms with Crippen molar-refractivity contribution in [1.82, 2.24) is 14.7 Å². The van der Waals surface area contributed by atoms with E-state index in [1.807, 2.05) is 61.5 Å². The Kier molecular flexibility index (Phi) is 4.96. The Balaban J connectivity index is 1.86. The molecule has 0 aliphatic rings. The van der Waals surface area contributed by atoms with E-state index in [0.717, 1.165) is 5.56 Å². The molecule has 0 spiro atoms. The summed E-state index contributed by atoms with van der Waals surface area (Å²) in [7, 11) is 1.76. The van der Waals surface area contributed by atoms with E-state index < -0.39 is 0 Å². The van der Waals surface area contributed by atoms with Gasteiger partial charge >= 0.3 is 0 Å². The van der Waals surface area contributed by atoms with Gasteiger partial charge < -0.3 is 4.90 Å². The van der Waals surface area contributed by atoms with E-state index in [-0.39, 0.29) is 23.2 Å². The van der Waals surface area contributed by atoms with Crippen LogP contribution in [0, 0.1) is 0 Å². The first-order chi connectivity index (χ1) is 14.1. The van der Waals surface area contributed by atoms with Crippen LogP contribution in [-0.4, -0.2) is 27.6 Å². The Morgan fingerprint density at radius 3 is 2.07 bits per heavy atom. The summed E-state index contributed by atoms with van der Waals surface area (Å²) in [5.74, 6) is -0.234. The van der Waals surface area contributed by atoms with Crippen molar-refractivity contribution in [2.45, 2.75) is 13.0 Å². The highest BCUT2D eigenvalue weighted by Crippen LogP contribution is 2.23. The molecule has 0 N–H and O–H groups in total. The highest BCUT2D eigenvalue weighted by molar-refractivity contribution is 6.04. The molecule has 3 aromatic carbocycles. The molecule has 1 amide bonds. The molecule has 0 fully saturated rings. The van der Waals surface area contributed by atoms with Gasteiger partial charge in [-0.2, -0.15) is 9.78 Å². The van der Waals surface area contributed by atoms with Crippen LogP contribution >= 0.6 is 0 Å². The third-order valence-electron chi connectivity index (χ3n) is 5.19. The van der Waals surface area contributed by atoms with Gasteiger partial charge in [-0.05, 0) is 30.7 Å². The van der Waals surface area contributed by atoms with Gasteiger partial charge in [0.25, 0.3) is 11.5 Å². The Morgan fingerprint density at radius 2 is 1.41 bits per heavy atom. The molecule has 1 aromatic heterocycles. The van der Waals surface area contributed by atoms with Crippen molar-refractivity contribution in [3.63, 3.8) is 0 Å². The number of hydrogen-bond donors (Lipinski definition) is 0. The number of para-hydroxylation sites is 1. The third-order valence-corrected chi connectivity index (χ3v) is 5.19. The number of fused-ring (bicyclic) bond motifs is 1. The molecule has 29 heavy (non-hydrogen) atoms. The molecule has 5 nitrogen and oxygen atoms in total. The first-order valence-corrected chi connectivity index (χ1v) is 9.47. The van der Waals surface area contributed by atoms with E-state index in [2.05, 4.69) is 5.10 Å². The Morgan fingerprint density at radius 1 is 0.862 bits per heavy atom. The van der Waals surface area contributed by atoms with Crippen LogP contribution in [0.15, 0.2) is 89.7 Å². The predicted molar refractivity (Wildman–Crippen MR) is 114 cm³/mol. The molecular formula is C24H21N3O2. The first kappa shape index (κ1) is 18.6. The largest absolute Gasteiger partial charge is 0.334 e. The highest BCUT2D eigenvalue weighted by Gasteiger charge is 2.24. The van der Waals surface area contributed by atoms with E-state index in [4.69, 9.17) is 0 Å². The number of carbonyl (C=O) groups is 1. The number of nitrogens with zero attached hydrogens (tertiary/aromatic N) is 3. The van der Waals surface area contributed by atoms with Crippen molar-refractivity contribution in [3.8, 4) is 5.69 Å². The lowest BCUT2D eigenvalue weighted by molar-refractivity contribution is 0.0737. The Bertz CT molecular complexity index is 1220. The fraction of sp³-hybridized carbons (Fsp3) is 0.125. The lowest BCUT2D eigenvalue weighted by atomic mass is 10.1. The van der Waals surface area contributed by atoms with Crippen LogP contribution < -0.4 is 5.56 Å². The number of rotatable bonds is 4. The van der Waals surface area contributed by atoms with E-state index in [1.54, 1.807) is 42.3 Å². The van der Waals surface area contributed by atoms with Crippen LogP contribution in [0.5, 0.6) is 0 Å². The molecule has 0 saturated carbocycles. The second-order valence-corrected chi connectivity index (χ2v) is 6.95. The van der Waals surface area contributed by atoms with Crippen molar-refractivity contribution in [2.24, 2.45) is 0 Å². The summed E-state index contributed by atoms with van der Waals surface area (Å²) in [5, 5.41) is 5.51. The van der Waals surface area contributed by atoms with Crippen molar-refractivity contribution >= 4 is 16.7 Å². The zero-order valence-electron chi connectivity index (χ0n) is 16.3. The third kappa shape index (κ3) is 3.43. The zero-order valence-corrected chi connectivity index (χ0v) is 16.3. The number of benzene rings is 3. The maximum Gasteiger partial charge on any atom is 0.279 e. The minimum atomic E-state index is -0.248. The maximum absolute atomic E-state index is 13.4. The molecule has 4 aromatic rings. The maximum atomic E-state index is 13.4. The second-order valence-electron chi connectivity index (χ2n) is 6.95. The monoisotopic (exact) mass is 383 g/mol. The highest BCUT2D eigenvalue weighted by atomic mass is 16.2. The summed E-state index contributed by atoms with van der Waals surface area (Å²) in [6, 6.07) is 26.0. The first-order valence-electron chi connectivity index (χ1n) is 9.47. The predicted octanol–water partition coefficient (Wildman–Crippen LogP) is 4.22. The molecule has 1 unspecified atom stereocenters. The Labute approximate surface area is 168 Å². The summed E-state index contributed by atoms with van der Waals surface area (Å²) in [4.78, 5) is 28.1. The standard InChI is InChI=1S/C24H21N3O2/c1-17(18-11-5-3-6-12-18)26(2)24(29)22-20-15-9-10-16-21(20)23(28)27(25-22)19-13-7-4-8-14-19/h3-17H,1-2H3. The van der Waals surface area contributed by atoms with Gasteiger partial charge in [0.05, 0.1) is 17.1 Å². The number of aromatic nitrogens is 2. The van der Waals surface area contributed by atoms with Gasteiger partial charge in [-0.1, -0.05) is 66.7 Å². The number of amides is 1. The van der Waals surface area contributed by atoms with Crippen molar-refractivity contribution in [2.75, 3.05) is 7.05 Å². The summed E-state index contributed by atoms with van der Waals surface area (Å²) in [5.41, 5.74) is 1.66. The number of carbonyl (C=O) groups excluding carboxylic acids is 1. The van der Waals surface area contributed by atoms with E-state index in [0.29, 0.717) is 16.5 Å². The normalized spacial score (nSPS) is 11.9. The average molecular weight is 383 g/mol. The fourth-order valence-electron chi connectivity index (χ4n) is 3.39. The van der Waals surface area contributed by atoms with Crippen LogP contribution in [0.4, 0.5) is 0 Å². The molecular weight excluding hydrogens is 362 g/mol. The molecule has 0 radical (unpaired) electrons. The topological polar surface area (TPSA) is 55.2 Å². The van der Waals surface area contributed by atoms with Gasteiger partial charge in [-0.3, -0.25) is 9.59 Å². The van der Waals surface area contributed by atoms with Crippen LogP contribution in [-0.2, 0) is 0 Å². The second kappa shape index (κ2) is 7.72. The Hall–Kier alpha value is -3.73. The number of hydrogen-bond acceptors (Lipinski definition) is 3. The fourth-order valence-corrected chi connectivity index (χ4v) is 3.39. The minimum absolute atomic E-state index is 0.138. The molecule has 4 rings (SSSR count). The van der Waals surface area contributed by atoms with Gasteiger partial charge in [0, 0.05) is 12.4 Å². The van der Waals surface area contributed by atoms with Gasteiger partial charge in [-0.25, -0.2) is 0 Å². The van der Waals surface area contributed by atoms with Crippen LogP contribution in [0.1, 0.15) is 29.0 Å². The zero-order chi connectivity index (χ0) is 20.4. The molecule has 0 aliphatic heterocycles. The summed E-state index contributed by atoms with van der Waals surface area (Å²) < 4.78 is 1.30. The van der Waals surface area contributed by atoms with Crippen molar-refractivity contribution in [3.05, 3.63) is 107 Å². The van der Waals surface area contributed by atoms with Crippen LogP contribution in [0.2, 0.25) is 0 Å². The van der Waals surface area contributed by atoms with Gasteiger partial charge in [0.1, 0.15) is 0 Å². The lowest BCUT2D eigenvalue weighted by Gasteiger charge is -2.25. The van der Waals surface area contributed by atoms with Gasteiger partial charge in [0.2, 0.25) is 0 Å². The molecule has 1 atom stereocenters. The lowest BCUT2D eigenvalue weighted by Crippen LogP contribution is -2.33. The summed E-state index contributed by atoms with van der Waals surface area (Å²) in [6.07, 6.45) is 0. The molecule has 0 aliphatic carbocycles. The van der Waals surface area contributed by atoms with Gasteiger partial charge in [-0.15, -0.1) is 0 Å². The molecule has 5 heteroatoms. The van der Waals surface area contributed by atoms with E-state index in [9.17, 15) is 9.59 Å². The van der Waals surface area contributed by atoms with Crippen LogP contribution in [0.3, 0.4) is 0 Å². The molecule has 144 valence electrons. The van der Waals surface area contributed by atoms with Crippen molar-refractivity contribution in [1.29, 1.82) is 0 Å². The SMILES string of the molecule is CC(c1ccccc1)N(C)C(=O)c1nn(-c2ccccc2)c(=O)c2ccccc12. The quantitative estimate of drug-likeness (QED) is 0.530. The average Bonchev–Trinajstić information content (AvgIpc) is 2.79. The minimum Gasteiger partial charge on any atom is -0.334 e. The van der Waals surface area contributed by atoms with Crippen molar-refractivity contribution < 1.29 is 4.79 Å².